The molecule has 156 valence electrons. The van der Waals surface area contributed by atoms with Crippen LogP contribution in [0.2, 0.25) is 0 Å². The SMILES string of the molecule is CN(C[C@H]1COc2ccccc2O1)C(=O)COC(=O)/C=C/c1ccc([N+](=O)[O-])cc1. The van der Waals surface area contributed by atoms with Gasteiger partial charge in [0.2, 0.25) is 0 Å². The number of benzene rings is 2. The van der Waals surface area contributed by atoms with Gasteiger partial charge in [0.25, 0.3) is 11.6 Å². The Hall–Kier alpha value is -3.88. The number of carbonyl (C=O) groups is 2. The highest BCUT2D eigenvalue weighted by atomic mass is 16.6. The number of nitro benzene ring substituents is 1. The van der Waals surface area contributed by atoms with Crippen molar-refractivity contribution in [3.8, 4) is 11.5 Å². The lowest BCUT2D eigenvalue weighted by Gasteiger charge is -2.29. The van der Waals surface area contributed by atoms with Gasteiger partial charge >= 0.3 is 5.97 Å². The van der Waals surface area contributed by atoms with Crippen molar-refractivity contribution < 1.29 is 28.7 Å². The maximum Gasteiger partial charge on any atom is 0.331 e. The van der Waals surface area contributed by atoms with Gasteiger partial charge in [-0.25, -0.2) is 4.79 Å². The second kappa shape index (κ2) is 9.55. The Morgan fingerprint density at radius 3 is 2.60 bits per heavy atom. The number of para-hydroxylation sites is 2. The van der Waals surface area contributed by atoms with Crippen molar-refractivity contribution in [1.29, 1.82) is 0 Å². The first kappa shape index (κ1) is 20.8. The molecule has 3 rings (SSSR count). The number of amides is 1. The lowest BCUT2D eigenvalue weighted by atomic mass is 10.2. The molecule has 0 bridgehead atoms. The fourth-order valence-corrected chi connectivity index (χ4v) is 2.72. The van der Waals surface area contributed by atoms with Crippen LogP contribution in [-0.2, 0) is 14.3 Å². The van der Waals surface area contributed by atoms with Crippen LogP contribution in [-0.4, -0.2) is 54.6 Å². The van der Waals surface area contributed by atoms with Gasteiger partial charge in [-0.2, -0.15) is 0 Å². The summed E-state index contributed by atoms with van der Waals surface area (Å²) in [6, 6.07) is 13.0. The summed E-state index contributed by atoms with van der Waals surface area (Å²) in [4.78, 5) is 35.6. The van der Waals surface area contributed by atoms with Gasteiger partial charge in [-0.1, -0.05) is 12.1 Å². The van der Waals surface area contributed by atoms with E-state index in [1.807, 2.05) is 18.2 Å². The van der Waals surface area contributed by atoms with Crippen LogP contribution in [0.4, 0.5) is 5.69 Å². The molecule has 0 spiro atoms. The molecule has 0 aliphatic carbocycles. The molecule has 0 N–H and O–H groups in total. The molecule has 0 unspecified atom stereocenters. The summed E-state index contributed by atoms with van der Waals surface area (Å²) >= 11 is 0. The zero-order chi connectivity index (χ0) is 21.5. The van der Waals surface area contributed by atoms with E-state index >= 15 is 0 Å². The van der Waals surface area contributed by atoms with Crippen LogP contribution in [0.3, 0.4) is 0 Å². The Bertz CT molecular complexity index is 956. The molecule has 0 radical (unpaired) electrons. The standard InChI is InChI=1S/C21H20N2O7/c1-22(12-17-13-28-18-4-2-3-5-19(18)30-17)20(24)14-29-21(25)11-8-15-6-9-16(10-7-15)23(26)27/h2-11,17H,12-14H2,1H3/b11-8+/t17-/m0/s1. The van der Waals surface area contributed by atoms with Crippen molar-refractivity contribution in [2.75, 3.05) is 26.8 Å². The highest BCUT2D eigenvalue weighted by Crippen LogP contribution is 2.30. The Morgan fingerprint density at radius 2 is 1.90 bits per heavy atom. The predicted octanol–water partition coefficient (Wildman–Crippen LogP) is 2.45. The van der Waals surface area contributed by atoms with Gasteiger partial charge in [-0.05, 0) is 35.9 Å². The maximum atomic E-state index is 12.2. The van der Waals surface area contributed by atoms with Crippen LogP contribution < -0.4 is 9.47 Å². The van der Waals surface area contributed by atoms with E-state index in [9.17, 15) is 19.7 Å². The average molecular weight is 412 g/mol. The molecule has 2 aromatic carbocycles. The van der Waals surface area contributed by atoms with E-state index in [2.05, 4.69) is 0 Å². The van der Waals surface area contributed by atoms with Crippen molar-refractivity contribution in [2.24, 2.45) is 0 Å². The highest BCUT2D eigenvalue weighted by molar-refractivity contribution is 5.89. The maximum absolute atomic E-state index is 12.2. The van der Waals surface area contributed by atoms with Gasteiger partial charge < -0.3 is 19.1 Å². The van der Waals surface area contributed by atoms with Crippen LogP contribution in [0, 0.1) is 10.1 Å². The van der Waals surface area contributed by atoms with Gasteiger partial charge in [-0.3, -0.25) is 14.9 Å². The minimum atomic E-state index is -0.693. The van der Waals surface area contributed by atoms with Crippen molar-refractivity contribution in [1.82, 2.24) is 4.90 Å². The summed E-state index contributed by atoms with van der Waals surface area (Å²) in [5, 5.41) is 10.6. The summed E-state index contributed by atoms with van der Waals surface area (Å²) in [5.74, 6) is 0.213. The fraction of sp³-hybridized carbons (Fsp3) is 0.238. The zero-order valence-corrected chi connectivity index (χ0v) is 16.2. The smallest absolute Gasteiger partial charge is 0.331 e. The highest BCUT2D eigenvalue weighted by Gasteiger charge is 2.24. The number of hydrogen-bond acceptors (Lipinski definition) is 7. The third-order valence-corrected chi connectivity index (χ3v) is 4.32. The molecule has 0 aromatic heterocycles. The van der Waals surface area contributed by atoms with Crippen LogP contribution >= 0.6 is 0 Å². The largest absolute Gasteiger partial charge is 0.486 e. The van der Waals surface area contributed by atoms with Gasteiger partial charge in [0.1, 0.15) is 6.61 Å². The number of rotatable bonds is 7. The number of ether oxygens (including phenoxy) is 3. The third kappa shape index (κ3) is 5.57. The molecular weight excluding hydrogens is 392 g/mol. The van der Waals surface area contributed by atoms with Gasteiger partial charge in [-0.15, -0.1) is 0 Å². The predicted molar refractivity (Wildman–Crippen MR) is 107 cm³/mol. The normalized spacial score (nSPS) is 14.9. The van der Waals surface area contributed by atoms with E-state index in [0.717, 1.165) is 6.08 Å². The molecule has 9 heteroatoms. The Kier molecular flexibility index (Phi) is 6.63. The quantitative estimate of drug-likeness (QED) is 0.297. The number of nitrogens with zero attached hydrogens (tertiary/aromatic N) is 2. The monoisotopic (exact) mass is 412 g/mol. The summed E-state index contributed by atoms with van der Waals surface area (Å²) < 4.78 is 16.4. The van der Waals surface area contributed by atoms with E-state index in [4.69, 9.17) is 14.2 Å². The second-order valence-corrected chi connectivity index (χ2v) is 6.56. The van der Waals surface area contributed by atoms with Crippen molar-refractivity contribution in [3.63, 3.8) is 0 Å². The van der Waals surface area contributed by atoms with Crippen molar-refractivity contribution in [2.45, 2.75) is 6.10 Å². The summed E-state index contributed by atoms with van der Waals surface area (Å²) in [7, 11) is 1.59. The number of non-ortho nitro benzene ring substituents is 1. The van der Waals surface area contributed by atoms with Crippen LogP contribution in [0.15, 0.2) is 54.6 Å². The molecule has 0 saturated heterocycles. The molecule has 1 aliphatic rings. The van der Waals surface area contributed by atoms with E-state index in [1.165, 1.54) is 35.2 Å². The first-order valence-electron chi connectivity index (χ1n) is 9.14. The van der Waals surface area contributed by atoms with Crippen molar-refractivity contribution in [3.05, 3.63) is 70.3 Å². The summed E-state index contributed by atoms with van der Waals surface area (Å²) in [6.45, 7) is 0.180. The van der Waals surface area contributed by atoms with E-state index in [1.54, 1.807) is 13.1 Å². The Morgan fingerprint density at radius 1 is 1.20 bits per heavy atom. The van der Waals surface area contributed by atoms with Gasteiger partial charge in [0.05, 0.1) is 11.5 Å². The van der Waals surface area contributed by atoms with E-state index in [-0.39, 0.29) is 24.2 Å². The molecule has 1 heterocycles. The molecule has 1 atom stereocenters. The minimum absolute atomic E-state index is 0.0424. The number of esters is 1. The third-order valence-electron chi connectivity index (χ3n) is 4.32. The molecule has 9 nitrogen and oxygen atoms in total. The fourth-order valence-electron chi connectivity index (χ4n) is 2.72. The van der Waals surface area contributed by atoms with Crippen LogP contribution in [0.1, 0.15) is 5.56 Å². The molecule has 1 amide bonds. The number of nitro groups is 1. The Balaban J connectivity index is 1.43. The second-order valence-electron chi connectivity index (χ2n) is 6.56. The van der Waals surface area contributed by atoms with Crippen LogP contribution in [0.5, 0.6) is 11.5 Å². The molecule has 2 aromatic rings. The average Bonchev–Trinajstić information content (AvgIpc) is 2.76. The lowest BCUT2D eigenvalue weighted by molar-refractivity contribution is -0.384. The molecule has 0 saturated carbocycles. The molecule has 30 heavy (non-hydrogen) atoms. The summed E-state index contributed by atoms with van der Waals surface area (Å²) in [6.07, 6.45) is 2.28. The summed E-state index contributed by atoms with van der Waals surface area (Å²) in [5.41, 5.74) is 0.551. The van der Waals surface area contributed by atoms with E-state index in [0.29, 0.717) is 23.7 Å². The Labute approximate surface area is 172 Å². The first-order chi connectivity index (χ1) is 14.4. The van der Waals surface area contributed by atoms with Gasteiger partial charge in [0.15, 0.2) is 24.2 Å². The number of hydrogen-bond donors (Lipinski definition) is 0. The minimum Gasteiger partial charge on any atom is -0.486 e. The number of likely N-dealkylation sites (N-methyl/N-ethyl adjacent to an activating group) is 1. The molecule has 1 aliphatic heterocycles. The molecule has 0 fully saturated rings. The zero-order valence-electron chi connectivity index (χ0n) is 16.2. The van der Waals surface area contributed by atoms with Crippen LogP contribution in [0.25, 0.3) is 6.08 Å². The molecular formula is C21H20N2O7. The lowest BCUT2D eigenvalue weighted by Crippen LogP contribution is -2.43. The van der Waals surface area contributed by atoms with Gasteiger partial charge in [0, 0.05) is 25.3 Å². The number of carbonyl (C=O) groups excluding carboxylic acids is 2. The van der Waals surface area contributed by atoms with Crippen molar-refractivity contribution >= 4 is 23.6 Å². The first-order valence-corrected chi connectivity index (χ1v) is 9.14. The topological polar surface area (TPSA) is 108 Å². The van der Waals surface area contributed by atoms with E-state index < -0.39 is 17.5 Å². The number of fused-ring (bicyclic) bond motifs is 1.